The van der Waals surface area contributed by atoms with E-state index in [-0.39, 0.29) is 42.2 Å². The lowest BCUT2D eigenvalue weighted by atomic mass is 9.77. The molecule has 0 radical (unpaired) electrons. The number of rotatable bonds is 18. The molecule has 4 aromatic heterocycles. The van der Waals surface area contributed by atoms with Gasteiger partial charge in [-0.25, -0.2) is 23.5 Å². The third-order valence-electron chi connectivity index (χ3n) is 15.0. The van der Waals surface area contributed by atoms with E-state index in [4.69, 9.17) is 27.9 Å². The Balaban J connectivity index is 0.000000202. The standard InChI is InChI=1S/C32H37ClN8O4.C28H30ClN7O2/c1-21(29(42)12-9-24-17-25(33)10-11-27(24)41-20-34-37-38-41)36-30(43)28-19-23(13-16-39(28)31(44)45-32(2,3)4)22-7-5-8-26(18-22)40-15-6-14-35-40;1-19(27(37)12-9-22-16-24(29)10-11-26(22)36-18-30-33-34-36)32-28(38)23-7-2-5-20(15-23)21-6-3-8-25(17-21)35-14-4-13-31-35/h5-8,10-11,14-15,17-18,20-21,23,28H,9,12-13,16,19H2,1-4H3,(H,36,43);3-4,6,8,10-11,13-14,16-20,23H,2,5,7,9,12,15H2,1H3,(H,32,38)/t21-,23-,28+;19-,20-,23+/m00/s1. The number of benzene rings is 4. The van der Waals surface area contributed by atoms with Crippen molar-refractivity contribution in [1.29, 1.82) is 0 Å². The molecule has 432 valence electrons. The van der Waals surface area contributed by atoms with Crippen LogP contribution in [0, 0.1) is 5.92 Å². The minimum Gasteiger partial charge on any atom is -0.444 e. The zero-order chi connectivity index (χ0) is 58.6. The van der Waals surface area contributed by atoms with Crippen LogP contribution in [0.1, 0.15) is 120 Å². The van der Waals surface area contributed by atoms with Crippen molar-refractivity contribution in [3.63, 3.8) is 0 Å². The zero-order valence-corrected chi connectivity index (χ0v) is 48.5. The van der Waals surface area contributed by atoms with Crippen molar-refractivity contribution in [2.75, 3.05) is 6.54 Å². The number of piperidine rings is 1. The summed E-state index contributed by atoms with van der Waals surface area (Å²) in [6.07, 6.45) is 15.6. The Labute approximate surface area is 491 Å². The number of aryl methyl sites for hydroxylation is 2. The minimum absolute atomic E-state index is 0.00785. The first-order valence-corrected chi connectivity index (χ1v) is 28.6. The first-order chi connectivity index (χ1) is 40.0. The zero-order valence-electron chi connectivity index (χ0n) is 47.0. The van der Waals surface area contributed by atoms with Crippen molar-refractivity contribution < 1.29 is 28.7 Å². The smallest absolute Gasteiger partial charge is 0.410 e. The molecule has 0 spiro atoms. The van der Waals surface area contributed by atoms with Crippen LogP contribution in [-0.4, -0.2) is 125 Å². The van der Waals surface area contributed by atoms with Gasteiger partial charge in [0.05, 0.1) is 34.8 Å². The summed E-state index contributed by atoms with van der Waals surface area (Å²) < 4.78 is 12.3. The molecule has 10 rings (SSSR count). The number of ether oxygens (including phenoxy) is 1. The Kier molecular flexibility index (Phi) is 19.3. The summed E-state index contributed by atoms with van der Waals surface area (Å²) in [4.78, 5) is 67.8. The largest absolute Gasteiger partial charge is 0.444 e. The van der Waals surface area contributed by atoms with E-state index in [9.17, 15) is 24.0 Å². The number of aromatic nitrogens is 12. The number of hydrogen-bond donors (Lipinski definition) is 2. The summed E-state index contributed by atoms with van der Waals surface area (Å²) in [6.45, 7) is 9.12. The predicted octanol–water partition coefficient (Wildman–Crippen LogP) is 9.17. The summed E-state index contributed by atoms with van der Waals surface area (Å²) in [7, 11) is 0. The normalized spacial score (nSPS) is 17.8. The molecule has 0 unspecified atom stereocenters. The number of nitrogens with one attached hydrogen (secondary N) is 2. The maximum Gasteiger partial charge on any atom is 0.410 e. The van der Waals surface area contributed by atoms with Gasteiger partial charge in [0.25, 0.3) is 0 Å². The van der Waals surface area contributed by atoms with Crippen molar-refractivity contribution in [3.8, 4) is 22.7 Å². The van der Waals surface area contributed by atoms with Gasteiger partial charge in [-0.15, -0.1) is 10.2 Å². The number of hydrogen-bond acceptors (Lipinski definition) is 14. The van der Waals surface area contributed by atoms with Crippen LogP contribution in [0.3, 0.4) is 0 Å². The number of halogens is 2. The van der Waals surface area contributed by atoms with Crippen molar-refractivity contribution in [1.82, 2.24) is 75.5 Å². The molecule has 23 heteroatoms. The van der Waals surface area contributed by atoms with Gasteiger partial charge in [-0.3, -0.25) is 24.1 Å². The van der Waals surface area contributed by atoms with E-state index in [1.54, 1.807) is 80.6 Å². The van der Waals surface area contributed by atoms with E-state index < -0.39 is 35.7 Å². The molecule has 2 fully saturated rings. The maximum atomic E-state index is 13.8. The summed E-state index contributed by atoms with van der Waals surface area (Å²) >= 11 is 12.4. The molecule has 1 saturated carbocycles. The number of likely N-dealkylation sites (tertiary alicyclic amines) is 1. The van der Waals surface area contributed by atoms with Gasteiger partial charge in [0.15, 0.2) is 11.6 Å². The van der Waals surface area contributed by atoms with E-state index in [0.29, 0.717) is 53.9 Å². The number of Topliss-reactive ketones (excluding diaryl/α,β-unsaturated/α-hetero) is 2. The Morgan fingerprint density at radius 1 is 0.627 bits per heavy atom. The molecule has 1 aliphatic carbocycles. The Bertz CT molecular complexity index is 3480. The van der Waals surface area contributed by atoms with Gasteiger partial charge >= 0.3 is 6.09 Å². The van der Waals surface area contributed by atoms with Gasteiger partial charge in [-0.05, 0) is 207 Å². The van der Waals surface area contributed by atoms with Crippen LogP contribution < -0.4 is 10.6 Å². The highest BCUT2D eigenvalue weighted by Crippen LogP contribution is 2.38. The van der Waals surface area contributed by atoms with Crippen LogP contribution in [0.2, 0.25) is 10.0 Å². The molecule has 1 saturated heterocycles. The summed E-state index contributed by atoms with van der Waals surface area (Å²) in [6, 6.07) is 28.7. The number of ketones is 2. The number of carbonyl (C=O) groups excluding carboxylic acids is 5. The van der Waals surface area contributed by atoms with Gasteiger partial charge < -0.3 is 15.4 Å². The van der Waals surface area contributed by atoms with E-state index in [2.05, 4.69) is 70.1 Å². The molecule has 1 aliphatic heterocycles. The lowest BCUT2D eigenvalue weighted by Crippen LogP contribution is -2.56. The highest BCUT2D eigenvalue weighted by atomic mass is 35.5. The van der Waals surface area contributed by atoms with Gasteiger partial charge in [0.1, 0.15) is 24.3 Å². The van der Waals surface area contributed by atoms with E-state index in [1.165, 1.54) is 27.8 Å². The minimum atomic E-state index is -0.818. The van der Waals surface area contributed by atoms with Crippen molar-refractivity contribution >= 4 is 52.7 Å². The molecule has 6 atom stereocenters. The van der Waals surface area contributed by atoms with Crippen LogP contribution in [0.5, 0.6) is 0 Å². The number of carbonyl (C=O) groups is 5. The second kappa shape index (κ2) is 27.1. The van der Waals surface area contributed by atoms with Crippen molar-refractivity contribution in [2.24, 2.45) is 5.92 Å². The number of nitrogens with zero attached hydrogens (tertiary/aromatic N) is 13. The predicted molar refractivity (Wildman–Crippen MR) is 311 cm³/mol. The lowest BCUT2D eigenvalue weighted by molar-refractivity contribution is -0.131. The molecule has 5 heterocycles. The van der Waals surface area contributed by atoms with Crippen molar-refractivity contribution in [2.45, 2.75) is 134 Å². The second-order valence-corrected chi connectivity index (χ2v) is 22.9. The van der Waals surface area contributed by atoms with Crippen LogP contribution >= 0.6 is 23.2 Å². The highest BCUT2D eigenvalue weighted by Gasteiger charge is 2.40. The first kappa shape index (κ1) is 59.2. The third-order valence-corrected chi connectivity index (χ3v) is 15.5. The fourth-order valence-corrected chi connectivity index (χ4v) is 11.1. The molecule has 2 aliphatic rings. The van der Waals surface area contributed by atoms with E-state index >= 15 is 0 Å². The molecule has 2 N–H and O–H groups in total. The number of tetrazole rings is 2. The van der Waals surface area contributed by atoms with Crippen LogP contribution in [-0.2, 0) is 36.8 Å². The average molecular weight is 1170 g/mol. The Morgan fingerprint density at radius 3 is 1.63 bits per heavy atom. The molecule has 3 amide bonds. The molecular formula is C60H67Cl2N15O6. The fourth-order valence-electron chi connectivity index (χ4n) is 10.7. The summed E-state index contributed by atoms with van der Waals surface area (Å²) in [5.74, 6) is -0.434. The first-order valence-electron chi connectivity index (χ1n) is 27.9. The maximum absolute atomic E-state index is 13.8. The fraction of sp³-hybridized carbons (Fsp3) is 0.383. The number of amides is 3. The molecular weight excluding hydrogens is 1100 g/mol. The molecule has 83 heavy (non-hydrogen) atoms. The van der Waals surface area contributed by atoms with Gasteiger partial charge in [0.2, 0.25) is 11.8 Å². The van der Waals surface area contributed by atoms with Gasteiger partial charge in [-0.2, -0.15) is 10.2 Å². The lowest BCUT2D eigenvalue weighted by Gasteiger charge is -2.39. The summed E-state index contributed by atoms with van der Waals surface area (Å²) in [5, 5.41) is 38.2. The molecule has 21 nitrogen and oxygen atoms in total. The van der Waals surface area contributed by atoms with Crippen LogP contribution in [0.4, 0.5) is 4.79 Å². The monoisotopic (exact) mass is 1160 g/mol. The quantitative estimate of drug-likeness (QED) is 0.0814. The second-order valence-electron chi connectivity index (χ2n) is 22.0. The Hall–Kier alpha value is -8.43. The SMILES string of the molecule is C[C@H](NC(=O)[C@@H]1CCC[C@H](c2cccc(-n3cccn3)c2)C1)C(=O)CCc1cc(Cl)ccc1-n1cnnn1.C[C@H](NC(=O)[C@H]1C[C@@H](c2cccc(-n3cccn3)c2)CCN1C(=O)OC(C)(C)C)C(=O)CCc1cc(Cl)ccc1-n1cnnn1. The molecule has 8 aromatic rings. The van der Waals surface area contributed by atoms with Gasteiger partial charge in [-0.1, -0.05) is 53.9 Å². The molecule has 0 bridgehead atoms. The van der Waals surface area contributed by atoms with Crippen LogP contribution in [0.15, 0.2) is 135 Å². The summed E-state index contributed by atoms with van der Waals surface area (Å²) in [5.41, 5.74) is 6.62. The Morgan fingerprint density at radius 2 is 1.14 bits per heavy atom. The topological polar surface area (TPSA) is 245 Å². The van der Waals surface area contributed by atoms with E-state index in [1.807, 2.05) is 71.7 Å². The van der Waals surface area contributed by atoms with Gasteiger partial charge in [0, 0.05) is 60.1 Å². The van der Waals surface area contributed by atoms with Crippen LogP contribution in [0.25, 0.3) is 22.7 Å². The third kappa shape index (κ3) is 15.6. The van der Waals surface area contributed by atoms with Crippen molar-refractivity contribution in [3.05, 3.63) is 167 Å². The molecule has 4 aromatic carbocycles. The average Bonchev–Trinajstić information content (AvgIpc) is 4.45. The van der Waals surface area contributed by atoms with E-state index in [0.717, 1.165) is 59.4 Å². The highest BCUT2D eigenvalue weighted by molar-refractivity contribution is 6.31.